The van der Waals surface area contributed by atoms with Gasteiger partial charge in [0.1, 0.15) is 0 Å². The van der Waals surface area contributed by atoms with Crippen molar-refractivity contribution in [1.29, 1.82) is 0 Å². The quantitative estimate of drug-likeness (QED) is 0.806. The Hall–Kier alpha value is -1.14. The minimum Gasteiger partial charge on any atom is -0.368 e. The summed E-state index contributed by atoms with van der Waals surface area (Å²) in [7, 11) is 0. The lowest BCUT2D eigenvalue weighted by Gasteiger charge is -2.14. The number of rotatable bonds is 4. The van der Waals surface area contributed by atoms with Crippen molar-refractivity contribution in [3.05, 3.63) is 5.28 Å². The van der Waals surface area contributed by atoms with Crippen LogP contribution in [0, 0.1) is 0 Å². The van der Waals surface area contributed by atoms with Crippen LogP contribution in [0.5, 0.6) is 0 Å². The third kappa shape index (κ3) is 3.18. The summed E-state index contributed by atoms with van der Waals surface area (Å²) >= 11 is 5.66. The monoisotopic (exact) mass is 242 g/mol. The van der Waals surface area contributed by atoms with Gasteiger partial charge in [0.05, 0.1) is 0 Å². The van der Waals surface area contributed by atoms with E-state index in [0.717, 1.165) is 13.1 Å². The predicted molar refractivity (Wildman–Crippen MR) is 63.4 cm³/mol. The van der Waals surface area contributed by atoms with Crippen molar-refractivity contribution in [2.24, 2.45) is 0 Å². The molecule has 1 aliphatic heterocycles. The van der Waals surface area contributed by atoms with E-state index in [1.54, 1.807) is 0 Å². The van der Waals surface area contributed by atoms with Crippen molar-refractivity contribution >= 4 is 23.5 Å². The number of anilines is 2. The molecule has 0 bridgehead atoms. The molecule has 0 saturated carbocycles. The topological polar surface area (TPSA) is 80.0 Å². The average molecular weight is 243 g/mol. The molecule has 1 aromatic rings. The summed E-state index contributed by atoms with van der Waals surface area (Å²) < 4.78 is 0. The first kappa shape index (κ1) is 11.3. The van der Waals surface area contributed by atoms with Crippen molar-refractivity contribution in [2.75, 3.05) is 37.2 Å². The van der Waals surface area contributed by atoms with Crippen LogP contribution in [-0.2, 0) is 0 Å². The second-order valence-electron chi connectivity index (χ2n) is 3.76. The first-order valence-corrected chi connectivity index (χ1v) is 5.75. The Morgan fingerprint density at radius 1 is 1.25 bits per heavy atom. The highest BCUT2D eigenvalue weighted by molar-refractivity contribution is 6.28. The lowest BCUT2D eigenvalue weighted by Crippen LogP contribution is -2.26. The van der Waals surface area contributed by atoms with Gasteiger partial charge in [-0.15, -0.1) is 0 Å². The van der Waals surface area contributed by atoms with E-state index >= 15 is 0 Å². The summed E-state index contributed by atoms with van der Waals surface area (Å²) in [5.74, 6) is 0.584. The molecule has 0 amide bonds. The average Bonchev–Trinajstić information content (AvgIpc) is 2.69. The molecule has 16 heavy (non-hydrogen) atoms. The Kier molecular flexibility index (Phi) is 3.74. The molecule has 2 rings (SSSR count). The molecule has 0 spiro atoms. The van der Waals surface area contributed by atoms with Gasteiger partial charge in [0.2, 0.25) is 17.2 Å². The van der Waals surface area contributed by atoms with E-state index in [9.17, 15) is 0 Å². The second-order valence-corrected chi connectivity index (χ2v) is 4.10. The van der Waals surface area contributed by atoms with Crippen LogP contribution in [0.2, 0.25) is 5.28 Å². The van der Waals surface area contributed by atoms with Crippen molar-refractivity contribution < 1.29 is 0 Å². The summed E-state index contributed by atoms with van der Waals surface area (Å²) in [6.07, 6.45) is 2.59. The van der Waals surface area contributed by atoms with Gasteiger partial charge in [0.25, 0.3) is 0 Å². The Morgan fingerprint density at radius 2 is 2.00 bits per heavy atom. The van der Waals surface area contributed by atoms with Crippen molar-refractivity contribution in [3.8, 4) is 0 Å². The molecule has 6 nitrogen and oxygen atoms in total. The Balaban J connectivity index is 1.80. The van der Waals surface area contributed by atoms with Crippen LogP contribution < -0.4 is 11.1 Å². The maximum absolute atomic E-state index is 5.66. The molecule has 1 aromatic heterocycles. The molecule has 1 aliphatic rings. The van der Waals surface area contributed by atoms with Crippen molar-refractivity contribution in [1.82, 2.24) is 19.9 Å². The van der Waals surface area contributed by atoms with Crippen molar-refractivity contribution in [3.63, 3.8) is 0 Å². The zero-order valence-electron chi connectivity index (χ0n) is 8.99. The summed E-state index contributed by atoms with van der Waals surface area (Å²) in [5, 5.41) is 3.21. The summed E-state index contributed by atoms with van der Waals surface area (Å²) in [6, 6.07) is 0. The maximum Gasteiger partial charge on any atom is 0.228 e. The Labute approximate surface area is 99.2 Å². The van der Waals surface area contributed by atoms with Crippen molar-refractivity contribution in [2.45, 2.75) is 12.8 Å². The van der Waals surface area contributed by atoms with Crippen LogP contribution in [-0.4, -0.2) is 46.0 Å². The maximum atomic E-state index is 5.66. The zero-order valence-corrected chi connectivity index (χ0v) is 9.74. The number of nitrogens with one attached hydrogen (secondary N) is 1. The number of likely N-dealkylation sites (tertiary alicyclic amines) is 1. The summed E-state index contributed by atoms with van der Waals surface area (Å²) in [6.45, 7) is 4.15. The highest BCUT2D eigenvalue weighted by Crippen LogP contribution is 2.08. The number of aromatic nitrogens is 3. The second kappa shape index (κ2) is 5.27. The largest absolute Gasteiger partial charge is 0.368 e. The minimum absolute atomic E-state index is 0.121. The third-order valence-electron chi connectivity index (χ3n) is 2.54. The summed E-state index contributed by atoms with van der Waals surface area (Å²) in [5.41, 5.74) is 5.46. The molecule has 3 N–H and O–H groups in total. The van der Waals surface area contributed by atoms with E-state index in [-0.39, 0.29) is 11.2 Å². The molecule has 0 radical (unpaired) electrons. The smallest absolute Gasteiger partial charge is 0.228 e. The van der Waals surface area contributed by atoms with Crippen LogP contribution in [0.3, 0.4) is 0 Å². The molecule has 2 heterocycles. The summed E-state index contributed by atoms with van der Waals surface area (Å²) in [4.78, 5) is 14.0. The van der Waals surface area contributed by atoms with Gasteiger partial charge in [0.15, 0.2) is 0 Å². The lowest BCUT2D eigenvalue weighted by atomic mass is 10.4. The number of nitrogens with zero attached hydrogens (tertiary/aromatic N) is 4. The van der Waals surface area contributed by atoms with Gasteiger partial charge in [-0.2, -0.15) is 15.0 Å². The lowest BCUT2D eigenvalue weighted by molar-refractivity contribution is 0.352. The Bertz CT molecular complexity index is 332. The van der Waals surface area contributed by atoms with Crippen LogP contribution in [0.15, 0.2) is 0 Å². The molecule has 0 aliphatic carbocycles. The molecule has 1 fully saturated rings. The molecule has 0 aromatic carbocycles. The number of nitrogen functional groups attached to an aromatic ring is 1. The number of nitrogens with two attached hydrogens (primary N) is 1. The van der Waals surface area contributed by atoms with E-state index < -0.39 is 0 Å². The van der Waals surface area contributed by atoms with Crippen LogP contribution in [0.4, 0.5) is 11.9 Å². The molecular weight excluding hydrogens is 228 g/mol. The fourth-order valence-electron chi connectivity index (χ4n) is 1.78. The number of hydrogen-bond acceptors (Lipinski definition) is 6. The predicted octanol–water partition coefficient (Wildman–Crippen LogP) is 0.615. The Morgan fingerprint density at radius 3 is 2.69 bits per heavy atom. The molecule has 0 unspecified atom stereocenters. The van der Waals surface area contributed by atoms with E-state index in [0.29, 0.717) is 5.95 Å². The first-order valence-electron chi connectivity index (χ1n) is 5.37. The zero-order chi connectivity index (χ0) is 11.4. The van der Waals surface area contributed by atoms with Crippen LogP contribution in [0.25, 0.3) is 0 Å². The standard InChI is InChI=1S/C9H15ClN6/c10-7-13-8(11)15-9(14-7)12-3-6-16-4-1-2-5-16/h1-6H2,(H3,11,12,13,14,15). The third-order valence-corrected chi connectivity index (χ3v) is 2.70. The molecule has 7 heteroatoms. The van der Waals surface area contributed by atoms with Crippen LogP contribution in [0.1, 0.15) is 12.8 Å². The first-order chi connectivity index (χ1) is 7.74. The fraction of sp³-hybridized carbons (Fsp3) is 0.667. The molecular formula is C9H15ClN6. The van der Waals surface area contributed by atoms with E-state index in [4.69, 9.17) is 17.3 Å². The van der Waals surface area contributed by atoms with Gasteiger partial charge >= 0.3 is 0 Å². The molecule has 0 atom stereocenters. The van der Waals surface area contributed by atoms with E-state index in [1.165, 1.54) is 25.9 Å². The molecule has 1 saturated heterocycles. The fourth-order valence-corrected chi connectivity index (χ4v) is 1.94. The van der Waals surface area contributed by atoms with Gasteiger partial charge in [0, 0.05) is 13.1 Å². The van der Waals surface area contributed by atoms with Gasteiger partial charge < -0.3 is 16.0 Å². The highest BCUT2D eigenvalue weighted by atomic mass is 35.5. The van der Waals surface area contributed by atoms with Gasteiger partial charge in [-0.05, 0) is 37.5 Å². The van der Waals surface area contributed by atoms with Crippen LogP contribution >= 0.6 is 11.6 Å². The van der Waals surface area contributed by atoms with Gasteiger partial charge in [-0.3, -0.25) is 0 Å². The van der Waals surface area contributed by atoms with Gasteiger partial charge in [-0.25, -0.2) is 0 Å². The SMILES string of the molecule is Nc1nc(Cl)nc(NCCN2CCCC2)n1. The highest BCUT2D eigenvalue weighted by Gasteiger charge is 2.10. The number of halogens is 1. The van der Waals surface area contributed by atoms with Gasteiger partial charge in [-0.1, -0.05) is 0 Å². The van der Waals surface area contributed by atoms with E-state index in [1.807, 2.05) is 0 Å². The van der Waals surface area contributed by atoms with E-state index in [2.05, 4.69) is 25.2 Å². The number of hydrogen-bond donors (Lipinski definition) is 2. The molecule has 88 valence electrons. The normalized spacial score (nSPS) is 16.6. The minimum atomic E-state index is 0.121.